The highest BCUT2D eigenvalue weighted by Crippen LogP contribution is 2.05. The van der Waals surface area contributed by atoms with Crippen molar-refractivity contribution in [3.05, 3.63) is 35.9 Å². The molecule has 0 radical (unpaired) electrons. The van der Waals surface area contributed by atoms with Crippen molar-refractivity contribution in [3.8, 4) is 0 Å². The molecule has 1 aromatic carbocycles. The van der Waals surface area contributed by atoms with Crippen molar-refractivity contribution in [2.75, 3.05) is 6.54 Å². The van der Waals surface area contributed by atoms with Crippen molar-refractivity contribution in [1.29, 1.82) is 0 Å². The minimum Gasteiger partial charge on any atom is -0.369 e. The molecule has 0 bridgehead atoms. The molecule has 0 saturated heterocycles. The molecule has 1 aromatic rings. The molecule has 0 spiro atoms. The summed E-state index contributed by atoms with van der Waals surface area (Å²) in [5.41, 5.74) is 6.37. The van der Waals surface area contributed by atoms with Gasteiger partial charge in [-0.1, -0.05) is 37.3 Å². The Morgan fingerprint density at radius 1 is 1.40 bits per heavy atom. The number of hydrogen-bond donors (Lipinski definition) is 2. The summed E-state index contributed by atoms with van der Waals surface area (Å²) in [6.45, 7) is 2.35. The lowest BCUT2D eigenvalue weighted by molar-refractivity contribution is -0.117. The van der Waals surface area contributed by atoms with E-state index in [0.29, 0.717) is 6.04 Å². The van der Waals surface area contributed by atoms with E-state index in [-0.39, 0.29) is 12.5 Å². The van der Waals surface area contributed by atoms with Gasteiger partial charge < -0.3 is 11.1 Å². The highest BCUT2D eigenvalue weighted by atomic mass is 16.1. The molecule has 0 saturated carbocycles. The first-order valence-electron chi connectivity index (χ1n) is 5.28. The SMILES string of the molecule is CCC(Cc1ccccc1)NCC(N)=O. The fourth-order valence-corrected chi connectivity index (χ4v) is 1.50. The Morgan fingerprint density at radius 2 is 2.07 bits per heavy atom. The minimum absolute atomic E-state index is 0.255. The molecule has 3 nitrogen and oxygen atoms in total. The van der Waals surface area contributed by atoms with Gasteiger partial charge >= 0.3 is 0 Å². The van der Waals surface area contributed by atoms with Gasteiger partial charge in [0.1, 0.15) is 0 Å². The lowest BCUT2D eigenvalue weighted by atomic mass is 10.0. The summed E-state index contributed by atoms with van der Waals surface area (Å²) in [5, 5.41) is 3.14. The Balaban J connectivity index is 2.43. The number of amides is 1. The van der Waals surface area contributed by atoms with E-state index in [1.165, 1.54) is 5.56 Å². The third-order valence-electron chi connectivity index (χ3n) is 2.38. The molecule has 0 heterocycles. The molecule has 0 aliphatic rings. The number of carbonyl (C=O) groups excluding carboxylic acids is 1. The van der Waals surface area contributed by atoms with Gasteiger partial charge in [0, 0.05) is 6.04 Å². The number of hydrogen-bond acceptors (Lipinski definition) is 2. The summed E-state index contributed by atoms with van der Waals surface area (Å²) in [5.74, 6) is -0.304. The molecule has 3 heteroatoms. The van der Waals surface area contributed by atoms with Gasteiger partial charge in [-0.3, -0.25) is 4.79 Å². The van der Waals surface area contributed by atoms with E-state index in [4.69, 9.17) is 5.73 Å². The van der Waals surface area contributed by atoms with E-state index >= 15 is 0 Å². The Labute approximate surface area is 90.7 Å². The van der Waals surface area contributed by atoms with Crippen LogP contribution in [-0.4, -0.2) is 18.5 Å². The van der Waals surface area contributed by atoms with Crippen LogP contribution in [0.5, 0.6) is 0 Å². The van der Waals surface area contributed by atoms with E-state index in [2.05, 4.69) is 24.4 Å². The van der Waals surface area contributed by atoms with Crippen LogP contribution < -0.4 is 11.1 Å². The molecule has 0 aromatic heterocycles. The van der Waals surface area contributed by atoms with Crippen molar-refractivity contribution >= 4 is 5.91 Å². The molecule has 1 atom stereocenters. The monoisotopic (exact) mass is 206 g/mol. The third kappa shape index (κ3) is 4.61. The van der Waals surface area contributed by atoms with E-state index in [9.17, 15) is 4.79 Å². The maximum atomic E-state index is 10.6. The summed E-state index contributed by atoms with van der Waals surface area (Å²) in [6, 6.07) is 10.6. The van der Waals surface area contributed by atoms with Crippen molar-refractivity contribution in [2.45, 2.75) is 25.8 Å². The molecule has 3 N–H and O–H groups in total. The zero-order valence-corrected chi connectivity index (χ0v) is 9.07. The van der Waals surface area contributed by atoms with Crippen LogP contribution in [0.15, 0.2) is 30.3 Å². The summed E-state index contributed by atoms with van der Waals surface area (Å²) in [6.07, 6.45) is 1.92. The second-order valence-electron chi connectivity index (χ2n) is 3.64. The Bertz CT molecular complexity index is 298. The highest BCUT2D eigenvalue weighted by molar-refractivity contribution is 5.75. The largest absolute Gasteiger partial charge is 0.369 e. The van der Waals surface area contributed by atoms with Gasteiger partial charge in [-0.2, -0.15) is 0 Å². The standard InChI is InChI=1S/C12H18N2O/c1-2-11(14-9-12(13)15)8-10-6-4-3-5-7-10/h3-7,11,14H,2,8-9H2,1H3,(H2,13,15). The van der Waals surface area contributed by atoms with Crippen LogP contribution in [0.1, 0.15) is 18.9 Å². The Kier molecular flexibility index (Phi) is 4.84. The summed E-state index contributed by atoms with van der Waals surface area (Å²) in [7, 11) is 0. The zero-order valence-electron chi connectivity index (χ0n) is 9.07. The van der Waals surface area contributed by atoms with Gasteiger partial charge in [0.25, 0.3) is 0 Å². The molecule has 1 amide bonds. The van der Waals surface area contributed by atoms with Crippen LogP contribution in [0.3, 0.4) is 0 Å². The summed E-state index contributed by atoms with van der Waals surface area (Å²) < 4.78 is 0. The molecule has 1 unspecified atom stereocenters. The lowest BCUT2D eigenvalue weighted by Gasteiger charge is -2.15. The fraction of sp³-hybridized carbons (Fsp3) is 0.417. The number of primary amides is 1. The van der Waals surface area contributed by atoms with E-state index < -0.39 is 0 Å². The number of nitrogens with two attached hydrogens (primary N) is 1. The average Bonchev–Trinajstić information content (AvgIpc) is 2.25. The summed E-state index contributed by atoms with van der Waals surface area (Å²) >= 11 is 0. The van der Waals surface area contributed by atoms with Crippen molar-refractivity contribution < 1.29 is 4.79 Å². The molecule has 0 aliphatic heterocycles. The molecular weight excluding hydrogens is 188 g/mol. The topological polar surface area (TPSA) is 55.1 Å². The lowest BCUT2D eigenvalue weighted by Crippen LogP contribution is -2.37. The number of nitrogens with one attached hydrogen (secondary N) is 1. The molecule has 82 valence electrons. The van der Waals surface area contributed by atoms with Crippen LogP contribution in [-0.2, 0) is 11.2 Å². The van der Waals surface area contributed by atoms with Gasteiger partial charge in [0.15, 0.2) is 0 Å². The first-order chi connectivity index (χ1) is 7.22. The van der Waals surface area contributed by atoms with Crippen molar-refractivity contribution in [1.82, 2.24) is 5.32 Å². The van der Waals surface area contributed by atoms with Crippen LogP contribution >= 0.6 is 0 Å². The molecule has 1 rings (SSSR count). The van der Waals surface area contributed by atoms with Crippen LogP contribution in [0.25, 0.3) is 0 Å². The van der Waals surface area contributed by atoms with Crippen LogP contribution in [0, 0.1) is 0 Å². The molecule has 0 aliphatic carbocycles. The van der Waals surface area contributed by atoms with Crippen LogP contribution in [0.4, 0.5) is 0 Å². The smallest absolute Gasteiger partial charge is 0.231 e. The Morgan fingerprint density at radius 3 is 2.60 bits per heavy atom. The maximum absolute atomic E-state index is 10.6. The number of rotatable bonds is 6. The average molecular weight is 206 g/mol. The van der Waals surface area contributed by atoms with E-state index in [0.717, 1.165) is 12.8 Å². The first kappa shape index (κ1) is 11.7. The van der Waals surface area contributed by atoms with Gasteiger partial charge in [-0.15, -0.1) is 0 Å². The fourth-order valence-electron chi connectivity index (χ4n) is 1.50. The van der Waals surface area contributed by atoms with Crippen molar-refractivity contribution in [2.24, 2.45) is 5.73 Å². The second kappa shape index (κ2) is 6.19. The zero-order chi connectivity index (χ0) is 11.1. The quantitative estimate of drug-likeness (QED) is 0.732. The summed E-state index contributed by atoms with van der Waals surface area (Å²) in [4.78, 5) is 10.6. The predicted molar refractivity (Wildman–Crippen MR) is 61.4 cm³/mol. The molecule has 15 heavy (non-hydrogen) atoms. The van der Waals surface area contributed by atoms with Gasteiger partial charge in [0.2, 0.25) is 5.91 Å². The number of carbonyl (C=O) groups is 1. The first-order valence-corrected chi connectivity index (χ1v) is 5.28. The van der Waals surface area contributed by atoms with Crippen molar-refractivity contribution in [3.63, 3.8) is 0 Å². The maximum Gasteiger partial charge on any atom is 0.231 e. The van der Waals surface area contributed by atoms with E-state index in [1.807, 2.05) is 18.2 Å². The van der Waals surface area contributed by atoms with Gasteiger partial charge in [0.05, 0.1) is 6.54 Å². The Hall–Kier alpha value is -1.35. The normalized spacial score (nSPS) is 12.3. The highest BCUT2D eigenvalue weighted by Gasteiger charge is 2.07. The van der Waals surface area contributed by atoms with Gasteiger partial charge in [-0.25, -0.2) is 0 Å². The van der Waals surface area contributed by atoms with Gasteiger partial charge in [-0.05, 0) is 18.4 Å². The minimum atomic E-state index is -0.304. The molecule has 0 fully saturated rings. The predicted octanol–water partition coefficient (Wildman–Crippen LogP) is 1.08. The third-order valence-corrected chi connectivity index (χ3v) is 2.38. The number of benzene rings is 1. The second-order valence-corrected chi connectivity index (χ2v) is 3.64. The molecular formula is C12H18N2O. The van der Waals surface area contributed by atoms with E-state index in [1.54, 1.807) is 0 Å². The van der Waals surface area contributed by atoms with Crippen LogP contribution in [0.2, 0.25) is 0 Å².